The Bertz CT molecular complexity index is 2100. The van der Waals surface area contributed by atoms with E-state index in [-0.39, 0.29) is 42.5 Å². The summed E-state index contributed by atoms with van der Waals surface area (Å²) in [7, 11) is 0. The summed E-state index contributed by atoms with van der Waals surface area (Å²) in [5, 5.41) is 1.65. The number of benzene rings is 3. The first-order valence-corrected chi connectivity index (χ1v) is 21.1. The molecule has 0 atom stereocenters. The second-order valence-electron chi connectivity index (χ2n) is 12.3. The van der Waals surface area contributed by atoms with Gasteiger partial charge in [0.1, 0.15) is 0 Å². The molecule has 223 valence electrons. The number of pyridine rings is 2. The van der Waals surface area contributed by atoms with Crippen molar-refractivity contribution in [2.45, 2.75) is 57.2 Å². The van der Waals surface area contributed by atoms with Gasteiger partial charge in [-0.05, 0) is 28.8 Å². The molecule has 6 heteroatoms. The van der Waals surface area contributed by atoms with E-state index in [2.05, 4.69) is 66.2 Å². The molecule has 6 rings (SSSR count). The number of rotatable bonds is 3. The Hall–Kier alpha value is -3.12. The Labute approximate surface area is 279 Å². The van der Waals surface area contributed by atoms with Gasteiger partial charge in [-0.2, -0.15) is 0 Å². The average Bonchev–Trinajstić information content (AvgIpc) is 3.40. The molecule has 3 heterocycles. The summed E-state index contributed by atoms with van der Waals surface area (Å²) in [5.74, 6) is 6.03. The van der Waals surface area contributed by atoms with Crippen LogP contribution in [-0.4, -0.2) is 23.2 Å². The first kappa shape index (κ1) is 25.2. The van der Waals surface area contributed by atoms with Crippen LogP contribution in [0, 0.1) is 31.7 Å². The van der Waals surface area contributed by atoms with Crippen LogP contribution in [-0.2, 0) is 25.5 Å². The molecule has 0 spiro atoms. The molecule has 0 aliphatic heterocycles. The smallest absolute Gasteiger partial charge is 0 e. The van der Waals surface area contributed by atoms with Crippen LogP contribution in [0.15, 0.2) is 83.5 Å². The number of nitrogens with zero attached hydrogens (tertiary/aromatic N) is 2. The second kappa shape index (κ2) is 12.9. The van der Waals surface area contributed by atoms with Crippen LogP contribution in [0.2, 0.25) is 17.3 Å². The van der Waals surface area contributed by atoms with Crippen molar-refractivity contribution in [1.29, 1.82) is 0 Å². The maximum Gasteiger partial charge on any atom is 0 e. The van der Waals surface area contributed by atoms with E-state index >= 15 is 0 Å². The fraction of sp³-hybridized carbons (Fsp3) is 0.243. The third-order valence-corrected chi connectivity index (χ3v) is 11.3. The first-order valence-electron chi connectivity index (χ1n) is 16.8. The molecule has 1 radical (unpaired) electrons. The van der Waals surface area contributed by atoms with E-state index in [9.17, 15) is 4.39 Å². The number of furan rings is 1. The van der Waals surface area contributed by atoms with Gasteiger partial charge >= 0.3 is 121 Å². The van der Waals surface area contributed by atoms with E-state index in [1.165, 1.54) is 23.8 Å². The van der Waals surface area contributed by atoms with E-state index in [0.29, 0.717) is 22.4 Å². The SMILES string of the molecule is CC(C)(C)c1ccnc(-c2[c-]ccc3c2oc2c(F)cccc23)c1.[2H]C([2H])([2H])c1c[c-]c(-c2cc(C([2H])([2H])[2H])[c]([Ge]([CH3])([CH3])[CH3])cn2)cc1.[Ir]. The molecule has 0 aliphatic carbocycles. The Morgan fingerprint density at radius 1 is 0.884 bits per heavy atom. The van der Waals surface area contributed by atoms with E-state index in [4.69, 9.17) is 12.6 Å². The minimum absolute atomic E-state index is 0. The summed E-state index contributed by atoms with van der Waals surface area (Å²) in [4.78, 5) is 8.89. The van der Waals surface area contributed by atoms with Crippen molar-refractivity contribution < 1.29 is 37.1 Å². The van der Waals surface area contributed by atoms with Crippen LogP contribution < -0.4 is 4.40 Å². The predicted octanol–water partition coefficient (Wildman–Crippen LogP) is 9.59. The molecule has 0 bridgehead atoms. The minimum atomic E-state index is -2.38. The summed E-state index contributed by atoms with van der Waals surface area (Å²) in [5.41, 5.74) is 5.26. The zero-order valence-corrected chi connectivity index (χ0v) is 29.5. The van der Waals surface area contributed by atoms with Gasteiger partial charge in [0.05, 0.1) is 5.58 Å². The number of para-hydroxylation sites is 1. The van der Waals surface area contributed by atoms with Gasteiger partial charge in [-0.1, -0.05) is 49.9 Å². The molecule has 0 N–H and O–H groups in total. The second-order valence-corrected chi connectivity index (χ2v) is 22.9. The molecule has 43 heavy (non-hydrogen) atoms. The van der Waals surface area contributed by atoms with Crippen molar-refractivity contribution in [3.8, 4) is 22.5 Å². The Morgan fingerprint density at radius 3 is 2.35 bits per heavy atom. The molecule has 0 unspecified atom stereocenters. The van der Waals surface area contributed by atoms with Gasteiger partial charge in [0, 0.05) is 31.7 Å². The Kier molecular flexibility index (Phi) is 7.54. The molecule has 6 aromatic rings. The Morgan fingerprint density at radius 2 is 1.67 bits per heavy atom. The van der Waals surface area contributed by atoms with Crippen LogP contribution in [0.1, 0.15) is 45.7 Å². The summed E-state index contributed by atoms with van der Waals surface area (Å²) in [6, 6.07) is 25.0. The normalized spacial score (nSPS) is 14.3. The number of aryl methyl sites for hydroxylation is 2. The molecular weight excluding hydrogens is 772 g/mol. The van der Waals surface area contributed by atoms with Crippen LogP contribution in [0.4, 0.5) is 4.39 Å². The van der Waals surface area contributed by atoms with Crippen molar-refractivity contribution in [3.05, 3.63) is 114 Å². The number of fused-ring (bicyclic) bond motifs is 3. The van der Waals surface area contributed by atoms with Gasteiger partial charge < -0.3 is 9.40 Å². The quantitative estimate of drug-likeness (QED) is 0.132. The molecule has 3 aromatic heterocycles. The van der Waals surface area contributed by atoms with Crippen LogP contribution in [0.25, 0.3) is 44.5 Å². The Balaban J connectivity index is 0.000000216. The van der Waals surface area contributed by atoms with Gasteiger partial charge in [0.25, 0.3) is 0 Å². The summed E-state index contributed by atoms with van der Waals surface area (Å²) in [6.45, 7) is 2.09. The molecule has 3 nitrogen and oxygen atoms in total. The van der Waals surface area contributed by atoms with Gasteiger partial charge in [-0.25, -0.2) is 4.39 Å². The molecule has 0 saturated carbocycles. The molecular formula is C37H37FGeIrN2O-2. The average molecular weight is 816 g/mol. The van der Waals surface area contributed by atoms with E-state index in [1.807, 2.05) is 24.3 Å². The van der Waals surface area contributed by atoms with Crippen molar-refractivity contribution >= 4 is 39.6 Å². The molecule has 0 aliphatic rings. The molecule has 0 amide bonds. The van der Waals surface area contributed by atoms with Gasteiger partial charge in [-0.3, -0.25) is 0 Å². The van der Waals surface area contributed by atoms with Crippen molar-refractivity contribution in [3.63, 3.8) is 0 Å². The standard InChI is InChI=1S/C21H17FNO.C16H20GeN.Ir/c1-21(2,3)13-10-11-23-18(12-13)16-8-4-6-14-15-7-5-9-17(22)20(15)24-19(14)16;1-12-6-8-14(9-7-12)16-10-13(2)15(11-18-16)17(3,4)5;/h4-7,9-12H,1-3H3;6-8,10-11H,1-5H3;/q2*-1;/i;1D3,2D3;. The van der Waals surface area contributed by atoms with E-state index < -0.39 is 27.0 Å². The summed E-state index contributed by atoms with van der Waals surface area (Å²) in [6.07, 6.45) is 3.47. The zero-order valence-electron chi connectivity index (χ0n) is 31.0. The fourth-order valence-corrected chi connectivity index (χ4v) is 7.53. The van der Waals surface area contributed by atoms with Crippen LogP contribution in [0.5, 0.6) is 0 Å². The fourth-order valence-electron chi connectivity index (χ4n) is 4.74. The maximum atomic E-state index is 14.1. The van der Waals surface area contributed by atoms with Gasteiger partial charge in [0.2, 0.25) is 0 Å². The van der Waals surface area contributed by atoms with Gasteiger partial charge in [0.15, 0.2) is 11.4 Å². The molecule has 0 fully saturated rings. The number of halogens is 1. The zero-order chi connectivity index (χ0) is 35.2. The number of hydrogen-bond acceptors (Lipinski definition) is 3. The first-order chi connectivity index (χ1) is 22.2. The third-order valence-electron chi connectivity index (χ3n) is 7.09. The minimum Gasteiger partial charge on any atom is 0 e. The van der Waals surface area contributed by atoms with Crippen LogP contribution in [0.3, 0.4) is 0 Å². The molecule has 3 aromatic carbocycles. The van der Waals surface area contributed by atoms with E-state index in [1.54, 1.807) is 30.6 Å². The summed E-state index contributed by atoms with van der Waals surface area (Å²) >= 11 is -2.38. The number of aromatic nitrogens is 2. The predicted molar refractivity (Wildman–Crippen MR) is 175 cm³/mol. The third kappa shape index (κ3) is 7.17. The van der Waals surface area contributed by atoms with Crippen molar-refractivity contribution in [2.24, 2.45) is 0 Å². The topological polar surface area (TPSA) is 38.9 Å². The van der Waals surface area contributed by atoms with Crippen LogP contribution >= 0.6 is 0 Å². The largest absolute Gasteiger partial charge is 0 e. The monoisotopic (exact) mass is 817 g/mol. The van der Waals surface area contributed by atoms with Crippen molar-refractivity contribution in [2.75, 3.05) is 0 Å². The van der Waals surface area contributed by atoms with Gasteiger partial charge in [-0.15, -0.1) is 18.2 Å². The summed E-state index contributed by atoms with van der Waals surface area (Å²) < 4.78 is 66.4. The van der Waals surface area contributed by atoms with E-state index in [0.717, 1.165) is 26.4 Å². The maximum absolute atomic E-state index is 14.1. The van der Waals surface area contributed by atoms with Crippen molar-refractivity contribution in [1.82, 2.24) is 9.97 Å². The number of hydrogen-bond donors (Lipinski definition) is 0. The molecule has 0 saturated heterocycles.